The van der Waals surface area contributed by atoms with Crippen molar-refractivity contribution in [3.8, 4) is 0 Å². The number of hydrogen-bond donors (Lipinski definition) is 0. The fourth-order valence-corrected chi connectivity index (χ4v) is 3.93. The van der Waals surface area contributed by atoms with Gasteiger partial charge in [-0.2, -0.15) is 0 Å². The second-order valence-electron chi connectivity index (χ2n) is 5.98. The van der Waals surface area contributed by atoms with Gasteiger partial charge in [-0.05, 0) is 24.3 Å². The van der Waals surface area contributed by atoms with E-state index < -0.39 is 0 Å². The number of pyridine rings is 1. The highest BCUT2D eigenvalue weighted by Crippen LogP contribution is 2.28. The van der Waals surface area contributed by atoms with Crippen LogP contribution in [-0.4, -0.2) is 22.8 Å². The molecule has 27 heavy (non-hydrogen) atoms. The lowest BCUT2D eigenvalue weighted by Gasteiger charge is -2.21. The van der Waals surface area contributed by atoms with Gasteiger partial charge in [0.05, 0.1) is 11.3 Å². The van der Waals surface area contributed by atoms with Gasteiger partial charge in [0.2, 0.25) is 5.91 Å². The number of aromatic nitrogens is 1. The molecule has 1 heterocycles. The van der Waals surface area contributed by atoms with E-state index in [2.05, 4.69) is 6.58 Å². The van der Waals surface area contributed by atoms with Crippen LogP contribution in [0.25, 0.3) is 10.9 Å². The normalized spacial score (nSPS) is 10.7. The SMILES string of the molecule is C=CCN(C(=O)CSc1cc(=O)n(C)c2cc(Cl)ccc12)c1ccccc1. The molecule has 0 fully saturated rings. The minimum Gasteiger partial charge on any atom is -0.311 e. The molecule has 138 valence electrons. The summed E-state index contributed by atoms with van der Waals surface area (Å²) in [6.45, 7) is 4.17. The smallest absolute Gasteiger partial charge is 0.251 e. The van der Waals surface area contributed by atoms with Crippen LogP contribution in [0.2, 0.25) is 5.02 Å². The van der Waals surface area contributed by atoms with Gasteiger partial charge in [0.1, 0.15) is 0 Å². The van der Waals surface area contributed by atoms with E-state index in [1.165, 1.54) is 11.8 Å². The molecule has 2 aromatic carbocycles. The van der Waals surface area contributed by atoms with Gasteiger partial charge in [-0.25, -0.2) is 0 Å². The summed E-state index contributed by atoms with van der Waals surface area (Å²) in [5.74, 6) is 0.169. The molecule has 0 saturated heterocycles. The number of amides is 1. The Morgan fingerprint density at radius 2 is 1.96 bits per heavy atom. The molecule has 0 aliphatic heterocycles. The number of carbonyl (C=O) groups excluding carboxylic acids is 1. The van der Waals surface area contributed by atoms with Crippen LogP contribution >= 0.6 is 23.4 Å². The molecule has 0 bridgehead atoms. The maximum Gasteiger partial charge on any atom is 0.251 e. The van der Waals surface area contributed by atoms with Crippen molar-refractivity contribution in [1.82, 2.24) is 4.57 Å². The summed E-state index contributed by atoms with van der Waals surface area (Å²) in [4.78, 5) is 27.5. The third kappa shape index (κ3) is 4.26. The van der Waals surface area contributed by atoms with Gasteiger partial charge in [0, 0.05) is 40.7 Å². The summed E-state index contributed by atoms with van der Waals surface area (Å²) in [6.07, 6.45) is 1.70. The van der Waals surface area contributed by atoms with Gasteiger partial charge in [0.25, 0.3) is 5.56 Å². The van der Waals surface area contributed by atoms with E-state index in [1.54, 1.807) is 40.8 Å². The van der Waals surface area contributed by atoms with Crippen molar-refractivity contribution in [2.75, 3.05) is 17.2 Å². The maximum atomic E-state index is 12.8. The predicted molar refractivity (Wildman–Crippen MR) is 114 cm³/mol. The number of anilines is 1. The van der Waals surface area contributed by atoms with Crippen molar-refractivity contribution in [2.45, 2.75) is 4.90 Å². The van der Waals surface area contributed by atoms with Crippen molar-refractivity contribution in [3.05, 3.63) is 82.6 Å². The molecule has 4 nitrogen and oxygen atoms in total. The fraction of sp³-hybridized carbons (Fsp3) is 0.143. The van der Waals surface area contributed by atoms with E-state index in [-0.39, 0.29) is 17.2 Å². The zero-order chi connectivity index (χ0) is 19.4. The van der Waals surface area contributed by atoms with Crippen LogP contribution in [0.4, 0.5) is 5.69 Å². The van der Waals surface area contributed by atoms with E-state index in [4.69, 9.17) is 11.6 Å². The van der Waals surface area contributed by atoms with Crippen molar-refractivity contribution >= 4 is 45.9 Å². The Morgan fingerprint density at radius 3 is 2.67 bits per heavy atom. The summed E-state index contributed by atoms with van der Waals surface area (Å²) < 4.78 is 1.56. The fourth-order valence-electron chi connectivity index (χ4n) is 2.82. The minimum absolute atomic E-state index is 0.0473. The van der Waals surface area contributed by atoms with Gasteiger partial charge < -0.3 is 9.47 Å². The Labute approximate surface area is 167 Å². The molecule has 0 aliphatic carbocycles. The highest BCUT2D eigenvalue weighted by atomic mass is 35.5. The third-order valence-electron chi connectivity index (χ3n) is 4.20. The molecule has 1 amide bonds. The highest BCUT2D eigenvalue weighted by Gasteiger charge is 2.16. The molecular weight excluding hydrogens is 380 g/mol. The third-order valence-corrected chi connectivity index (χ3v) is 5.48. The lowest BCUT2D eigenvalue weighted by molar-refractivity contribution is -0.116. The first kappa shape index (κ1) is 19.3. The number of rotatable bonds is 6. The van der Waals surface area contributed by atoms with Crippen LogP contribution in [0.1, 0.15) is 0 Å². The zero-order valence-electron chi connectivity index (χ0n) is 14.9. The molecule has 6 heteroatoms. The lowest BCUT2D eigenvalue weighted by atomic mass is 10.2. The molecule has 0 aliphatic rings. The Bertz CT molecular complexity index is 1050. The first-order chi connectivity index (χ1) is 13.0. The van der Waals surface area contributed by atoms with Crippen LogP contribution in [-0.2, 0) is 11.8 Å². The number of nitrogens with zero attached hydrogens (tertiary/aromatic N) is 2. The zero-order valence-corrected chi connectivity index (χ0v) is 16.5. The molecule has 0 atom stereocenters. The quantitative estimate of drug-likeness (QED) is 0.453. The topological polar surface area (TPSA) is 42.3 Å². The van der Waals surface area contributed by atoms with Crippen LogP contribution in [0.5, 0.6) is 0 Å². The summed E-state index contributed by atoms with van der Waals surface area (Å²) in [7, 11) is 1.71. The summed E-state index contributed by atoms with van der Waals surface area (Å²) in [6, 6.07) is 16.5. The summed E-state index contributed by atoms with van der Waals surface area (Å²) >= 11 is 7.43. The molecular formula is C21H19ClN2O2S. The number of para-hydroxylation sites is 1. The molecule has 3 aromatic rings. The molecule has 1 aromatic heterocycles. The molecule has 0 N–H and O–H groups in total. The van der Waals surface area contributed by atoms with Gasteiger partial charge in [-0.3, -0.25) is 9.59 Å². The van der Waals surface area contributed by atoms with Crippen molar-refractivity contribution in [2.24, 2.45) is 7.05 Å². The minimum atomic E-state index is -0.134. The number of thioether (sulfide) groups is 1. The second kappa shape index (κ2) is 8.46. The summed E-state index contributed by atoms with van der Waals surface area (Å²) in [5, 5.41) is 1.46. The molecule has 0 unspecified atom stereocenters. The van der Waals surface area contributed by atoms with Crippen LogP contribution < -0.4 is 10.5 Å². The van der Waals surface area contributed by atoms with Crippen LogP contribution in [0.3, 0.4) is 0 Å². The Morgan fingerprint density at radius 1 is 1.22 bits per heavy atom. The molecule has 0 saturated carbocycles. The predicted octanol–water partition coefficient (Wildman–Crippen LogP) is 4.50. The van der Waals surface area contributed by atoms with E-state index in [1.807, 2.05) is 36.4 Å². The Balaban J connectivity index is 1.87. The van der Waals surface area contributed by atoms with Crippen LogP contribution in [0.15, 0.2) is 76.9 Å². The van der Waals surface area contributed by atoms with Crippen molar-refractivity contribution in [1.29, 1.82) is 0 Å². The van der Waals surface area contributed by atoms with Crippen LogP contribution in [0, 0.1) is 0 Å². The van der Waals surface area contributed by atoms with E-state index in [9.17, 15) is 9.59 Å². The molecule has 0 radical (unpaired) electrons. The number of carbonyl (C=O) groups is 1. The highest BCUT2D eigenvalue weighted by molar-refractivity contribution is 8.00. The van der Waals surface area contributed by atoms with Gasteiger partial charge in [-0.1, -0.05) is 41.9 Å². The number of hydrogen-bond acceptors (Lipinski definition) is 3. The monoisotopic (exact) mass is 398 g/mol. The average molecular weight is 399 g/mol. The summed E-state index contributed by atoms with van der Waals surface area (Å²) in [5.41, 5.74) is 1.44. The largest absolute Gasteiger partial charge is 0.311 e. The first-order valence-corrected chi connectivity index (χ1v) is 9.76. The number of halogens is 1. The maximum absolute atomic E-state index is 12.8. The van der Waals surface area contributed by atoms with E-state index in [0.717, 1.165) is 21.5 Å². The van der Waals surface area contributed by atoms with Gasteiger partial charge in [0.15, 0.2) is 0 Å². The van der Waals surface area contributed by atoms with E-state index >= 15 is 0 Å². The van der Waals surface area contributed by atoms with Crippen molar-refractivity contribution < 1.29 is 4.79 Å². The van der Waals surface area contributed by atoms with Gasteiger partial charge in [-0.15, -0.1) is 18.3 Å². The van der Waals surface area contributed by atoms with E-state index in [0.29, 0.717) is 11.6 Å². The Kier molecular flexibility index (Phi) is 6.04. The molecule has 0 spiro atoms. The van der Waals surface area contributed by atoms with Gasteiger partial charge >= 0.3 is 0 Å². The second-order valence-corrected chi connectivity index (χ2v) is 7.44. The number of aryl methyl sites for hydroxylation is 1. The Hall–Kier alpha value is -2.50. The lowest BCUT2D eigenvalue weighted by Crippen LogP contribution is -2.32. The standard InChI is InChI=1S/C21H19ClN2O2S/c1-3-11-24(16-7-5-4-6-8-16)21(26)14-27-19-13-20(25)23(2)18-12-15(22)9-10-17(18)19/h3-10,12-13H,1,11,14H2,2H3. The molecule has 3 rings (SSSR count). The number of benzene rings is 2. The first-order valence-electron chi connectivity index (χ1n) is 8.39. The number of fused-ring (bicyclic) bond motifs is 1. The average Bonchev–Trinajstić information content (AvgIpc) is 2.68. The van der Waals surface area contributed by atoms with Crippen molar-refractivity contribution in [3.63, 3.8) is 0 Å².